The molecule has 1 aromatic heterocycles. The summed E-state index contributed by atoms with van der Waals surface area (Å²) in [6.45, 7) is 4.52. The van der Waals surface area contributed by atoms with Crippen molar-refractivity contribution in [3.05, 3.63) is 186 Å². The van der Waals surface area contributed by atoms with Crippen LogP contribution in [0, 0.1) is 0 Å². The Morgan fingerprint density at radius 3 is 2.20 bits per heavy atom. The van der Waals surface area contributed by atoms with Crippen molar-refractivity contribution in [2.24, 2.45) is 0 Å². The first-order chi connectivity index (χ1) is 24.0. The molecule has 0 aliphatic heterocycles. The van der Waals surface area contributed by atoms with Gasteiger partial charge < -0.3 is 10.2 Å². The monoisotopic (exact) mass is 633 g/mol. The van der Waals surface area contributed by atoms with Crippen molar-refractivity contribution in [2.75, 3.05) is 5.73 Å². The predicted octanol–water partition coefficient (Wildman–Crippen LogP) is 12.6. The fourth-order valence-corrected chi connectivity index (χ4v) is 7.44. The minimum atomic E-state index is -0.283. The number of benzene rings is 6. The van der Waals surface area contributed by atoms with Crippen molar-refractivity contribution in [3.8, 4) is 22.3 Å². The topological polar surface area (TPSA) is 39.2 Å². The van der Waals surface area contributed by atoms with Crippen LogP contribution in [0.4, 0.5) is 5.69 Å². The number of allylic oxidation sites excluding steroid dienone is 5. The molecule has 2 N–H and O–H groups in total. The molecule has 6 aromatic carbocycles. The summed E-state index contributed by atoms with van der Waals surface area (Å²) in [5.74, 6) is 0. The van der Waals surface area contributed by atoms with Crippen LogP contribution in [0.2, 0.25) is 0 Å². The van der Waals surface area contributed by atoms with Crippen LogP contribution in [0.15, 0.2) is 168 Å². The second kappa shape index (κ2) is 12.6. The van der Waals surface area contributed by atoms with Crippen molar-refractivity contribution in [1.82, 2.24) is 0 Å². The molecule has 1 aliphatic carbocycles. The van der Waals surface area contributed by atoms with Gasteiger partial charge in [-0.3, -0.25) is 0 Å². The van der Waals surface area contributed by atoms with Gasteiger partial charge in [-0.05, 0) is 95.5 Å². The maximum Gasteiger partial charge on any atom is 0.143 e. The Balaban J connectivity index is 1.16. The number of fused-ring (bicyclic) bond motifs is 3. The van der Waals surface area contributed by atoms with Crippen LogP contribution in [-0.4, -0.2) is 0 Å². The Morgan fingerprint density at radius 1 is 0.673 bits per heavy atom. The third-order valence-corrected chi connectivity index (χ3v) is 10.2. The Labute approximate surface area is 288 Å². The number of furan rings is 1. The summed E-state index contributed by atoms with van der Waals surface area (Å²) in [6.07, 6.45) is 11.4. The van der Waals surface area contributed by atoms with Gasteiger partial charge in [-0.25, -0.2) is 0 Å². The predicted molar refractivity (Wildman–Crippen MR) is 208 cm³/mol. The molecule has 1 atom stereocenters. The highest BCUT2D eigenvalue weighted by atomic mass is 16.3. The molecule has 1 aliphatic rings. The van der Waals surface area contributed by atoms with Gasteiger partial charge in [-0.15, -0.1) is 0 Å². The van der Waals surface area contributed by atoms with E-state index in [1.807, 2.05) is 18.2 Å². The normalized spacial score (nSPS) is 14.6. The molecule has 2 heteroatoms. The lowest BCUT2D eigenvalue weighted by molar-refractivity contribution is 0.670. The summed E-state index contributed by atoms with van der Waals surface area (Å²) < 4.78 is 6.32. The van der Waals surface area contributed by atoms with E-state index in [-0.39, 0.29) is 5.41 Å². The van der Waals surface area contributed by atoms with Gasteiger partial charge in [-0.1, -0.05) is 140 Å². The zero-order chi connectivity index (χ0) is 33.4. The largest absolute Gasteiger partial charge is 0.455 e. The van der Waals surface area contributed by atoms with Crippen LogP contribution in [-0.2, 0) is 5.41 Å². The molecule has 0 amide bonds. The van der Waals surface area contributed by atoms with Crippen LogP contribution in [0.25, 0.3) is 55.8 Å². The third-order valence-electron chi connectivity index (χ3n) is 10.2. The molecule has 8 rings (SSSR count). The maximum atomic E-state index is 6.73. The zero-order valence-corrected chi connectivity index (χ0v) is 28.0. The molecule has 49 heavy (non-hydrogen) atoms. The number of nitrogen functional groups attached to an aromatic ring is 1. The van der Waals surface area contributed by atoms with E-state index < -0.39 is 0 Å². The molecule has 0 radical (unpaired) electrons. The fourth-order valence-electron chi connectivity index (χ4n) is 7.44. The summed E-state index contributed by atoms with van der Waals surface area (Å²) in [5, 5.41) is 2.28. The number of anilines is 1. The lowest BCUT2D eigenvalue weighted by atomic mass is 9.69. The molecule has 7 aromatic rings. The minimum absolute atomic E-state index is 0.283. The second-order valence-corrected chi connectivity index (χ2v) is 13.2. The molecule has 0 saturated heterocycles. The smallest absolute Gasteiger partial charge is 0.143 e. The molecule has 0 spiro atoms. The van der Waals surface area contributed by atoms with E-state index in [0.717, 1.165) is 79.4 Å². The zero-order valence-electron chi connectivity index (χ0n) is 28.0. The van der Waals surface area contributed by atoms with E-state index in [1.54, 1.807) is 0 Å². The third kappa shape index (κ3) is 5.50. The molecule has 1 unspecified atom stereocenters. The lowest BCUT2D eigenvalue weighted by Crippen LogP contribution is -2.26. The molecule has 0 bridgehead atoms. The average Bonchev–Trinajstić information content (AvgIpc) is 3.55. The van der Waals surface area contributed by atoms with E-state index >= 15 is 0 Å². The highest BCUT2D eigenvalue weighted by molar-refractivity contribution is 6.09. The van der Waals surface area contributed by atoms with Crippen LogP contribution < -0.4 is 5.73 Å². The fraction of sp³-hybridized carbons (Fsp3) is 0.106. The van der Waals surface area contributed by atoms with Gasteiger partial charge >= 0.3 is 0 Å². The molecular formula is C47H39NO. The Morgan fingerprint density at radius 2 is 1.39 bits per heavy atom. The van der Waals surface area contributed by atoms with E-state index in [4.69, 9.17) is 10.2 Å². The summed E-state index contributed by atoms with van der Waals surface area (Å²) in [7, 11) is 0. The molecule has 0 saturated carbocycles. The highest BCUT2D eigenvalue weighted by Gasteiger charge is 2.32. The first kappa shape index (κ1) is 30.5. The molecule has 238 valence electrons. The number of rotatable bonds is 7. The molecule has 1 heterocycles. The first-order valence-electron chi connectivity index (χ1n) is 17.1. The standard InChI is InChI=1S/C47H39NO/c1-32(33-26-28-34(29-27-33)40-22-12-23-42-41-20-9-10-25-45(41)49-46(40)42)30-43-39(21-13-24-44(43)48)35-14-11-19-38(31-35)47(2,36-15-5-3-6-16-36)37-17-7-4-8-18-37/h3,5-7,9-31H,4,8,48H2,1-2H3/b32-30+. The van der Waals surface area contributed by atoms with Gasteiger partial charge in [0.05, 0.1) is 0 Å². The SMILES string of the molecule is C/C(=C\c1c(N)cccc1-c1cccc(C(C)(C2=CCCC=C2)c2ccccc2)c1)c1ccc(-c2cccc3c2oc2ccccc23)cc1. The first-order valence-corrected chi connectivity index (χ1v) is 17.1. The van der Waals surface area contributed by atoms with Gasteiger partial charge in [0.2, 0.25) is 0 Å². The van der Waals surface area contributed by atoms with Crippen LogP contribution in [0.3, 0.4) is 0 Å². The molecule has 0 fully saturated rings. The van der Waals surface area contributed by atoms with Crippen molar-refractivity contribution < 1.29 is 4.42 Å². The van der Waals surface area contributed by atoms with E-state index in [0.29, 0.717) is 0 Å². The van der Waals surface area contributed by atoms with Crippen molar-refractivity contribution >= 4 is 39.3 Å². The summed E-state index contributed by atoms with van der Waals surface area (Å²) >= 11 is 0. The van der Waals surface area contributed by atoms with Gasteiger partial charge in [0.1, 0.15) is 11.2 Å². The minimum Gasteiger partial charge on any atom is -0.455 e. The lowest BCUT2D eigenvalue weighted by Gasteiger charge is -2.34. The van der Waals surface area contributed by atoms with Crippen molar-refractivity contribution in [1.29, 1.82) is 0 Å². The summed E-state index contributed by atoms with van der Waals surface area (Å²) in [5.41, 5.74) is 20.8. The van der Waals surface area contributed by atoms with E-state index in [9.17, 15) is 0 Å². The highest BCUT2D eigenvalue weighted by Crippen LogP contribution is 2.43. The van der Waals surface area contributed by atoms with Crippen molar-refractivity contribution in [2.45, 2.75) is 32.1 Å². The van der Waals surface area contributed by atoms with Crippen LogP contribution in [0.1, 0.15) is 48.9 Å². The van der Waals surface area contributed by atoms with Crippen molar-refractivity contribution in [3.63, 3.8) is 0 Å². The summed E-state index contributed by atoms with van der Waals surface area (Å²) in [4.78, 5) is 0. The van der Waals surface area contributed by atoms with Gasteiger partial charge in [0, 0.05) is 33.0 Å². The Bertz CT molecular complexity index is 2410. The quantitative estimate of drug-likeness (QED) is 0.140. The molecule has 2 nitrogen and oxygen atoms in total. The van der Waals surface area contributed by atoms with Gasteiger partial charge in [0.15, 0.2) is 0 Å². The number of nitrogens with two attached hydrogens (primary N) is 1. The summed E-state index contributed by atoms with van der Waals surface area (Å²) in [6, 6.07) is 49.5. The second-order valence-electron chi connectivity index (χ2n) is 13.2. The number of para-hydroxylation sites is 2. The van der Waals surface area contributed by atoms with E-state index in [1.165, 1.54) is 16.7 Å². The maximum absolute atomic E-state index is 6.73. The van der Waals surface area contributed by atoms with Gasteiger partial charge in [0.25, 0.3) is 0 Å². The number of hydrogen-bond acceptors (Lipinski definition) is 2. The average molecular weight is 634 g/mol. The van der Waals surface area contributed by atoms with Gasteiger partial charge in [-0.2, -0.15) is 0 Å². The van der Waals surface area contributed by atoms with Crippen LogP contribution >= 0.6 is 0 Å². The van der Waals surface area contributed by atoms with Crippen LogP contribution in [0.5, 0.6) is 0 Å². The Hall–Kier alpha value is -5.86. The Kier molecular flexibility index (Phi) is 7.86. The molecular weight excluding hydrogens is 595 g/mol. The number of hydrogen-bond donors (Lipinski definition) is 1. The van der Waals surface area contributed by atoms with E-state index in [2.05, 4.69) is 159 Å².